The van der Waals surface area contributed by atoms with Gasteiger partial charge in [0, 0.05) is 19.6 Å². The van der Waals surface area contributed by atoms with Gasteiger partial charge in [-0.1, -0.05) is 31.4 Å². The van der Waals surface area contributed by atoms with E-state index >= 15 is 0 Å². The van der Waals surface area contributed by atoms with Crippen molar-refractivity contribution in [3.05, 3.63) is 10.8 Å². The predicted molar refractivity (Wildman–Crippen MR) is 148 cm³/mol. The Morgan fingerprint density at radius 2 is 1.77 bits per heavy atom. The number of carbonyl (C=O) groups is 1. The molecule has 1 aromatic heterocycles. The second-order valence-electron chi connectivity index (χ2n) is 7.85. The zero-order valence-corrected chi connectivity index (χ0v) is 22.8. The molecule has 1 unspecified atom stereocenters. The van der Waals surface area contributed by atoms with Gasteiger partial charge in [0.15, 0.2) is 34.4 Å². The minimum atomic E-state index is -0.675. The number of guanidine groups is 2. The molecule has 0 radical (unpaired) electrons. The number of hydrogen-bond acceptors (Lipinski definition) is 8. The highest BCUT2D eigenvalue weighted by Crippen LogP contribution is 2.24. The molecule has 35 heavy (non-hydrogen) atoms. The van der Waals surface area contributed by atoms with Crippen molar-refractivity contribution in [2.24, 2.45) is 11.7 Å². The zero-order valence-electron chi connectivity index (χ0n) is 19.6. The Labute approximate surface area is 229 Å². The minimum Gasteiger partial charge on any atom is -0.382 e. The van der Waals surface area contributed by atoms with Crippen LogP contribution in [0.25, 0.3) is 0 Å². The lowest BCUT2D eigenvalue weighted by atomic mass is 9.91. The van der Waals surface area contributed by atoms with Crippen molar-refractivity contribution in [2.75, 3.05) is 31.1 Å². The monoisotopic (exact) mass is 575 g/mol. The lowest BCUT2D eigenvalue weighted by Gasteiger charge is -2.37. The maximum absolute atomic E-state index is 12.2. The fourth-order valence-electron chi connectivity index (χ4n) is 3.78. The summed E-state index contributed by atoms with van der Waals surface area (Å²) in [6.07, 6.45) is 6.34. The van der Waals surface area contributed by atoms with Gasteiger partial charge in [-0.05, 0) is 31.6 Å². The molecule has 1 saturated heterocycles. The van der Waals surface area contributed by atoms with Gasteiger partial charge in [0.25, 0.3) is 5.91 Å². The molecule has 1 aromatic rings. The first kappa shape index (κ1) is 35.2. The fourth-order valence-corrected chi connectivity index (χ4v) is 3.91. The summed E-state index contributed by atoms with van der Waals surface area (Å²) >= 11 is 5.78. The highest BCUT2D eigenvalue weighted by molar-refractivity contribution is 6.31. The molecule has 1 atom stereocenters. The topological polar surface area (TPSA) is 208 Å². The lowest BCUT2D eigenvalue weighted by molar-refractivity contribution is 0.0971. The number of hydrogen-bond donors (Lipinski definition) is 8. The Kier molecular flexibility index (Phi) is 17.5. The number of nitrogen functional groups attached to an aromatic ring is 2. The molecule has 1 fully saturated rings. The summed E-state index contributed by atoms with van der Waals surface area (Å²) in [5.74, 6) is -0.325. The van der Waals surface area contributed by atoms with Crippen LogP contribution in [-0.2, 0) is 0 Å². The van der Waals surface area contributed by atoms with Crippen LogP contribution >= 0.6 is 48.8 Å². The van der Waals surface area contributed by atoms with E-state index < -0.39 is 5.91 Å². The Morgan fingerprint density at radius 3 is 2.34 bits per heavy atom. The van der Waals surface area contributed by atoms with Crippen LogP contribution in [0.4, 0.5) is 11.6 Å². The summed E-state index contributed by atoms with van der Waals surface area (Å²) in [5.41, 5.74) is 16.4. The number of likely N-dealkylation sites (tertiary alicyclic amines) is 1. The van der Waals surface area contributed by atoms with Gasteiger partial charge >= 0.3 is 0 Å². The average Bonchev–Trinajstić information content (AvgIpc) is 2.74. The summed E-state index contributed by atoms with van der Waals surface area (Å²) in [4.78, 5) is 22.1. The molecule has 0 aliphatic carbocycles. The summed E-state index contributed by atoms with van der Waals surface area (Å²) in [7, 11) is 0. The number of nitrogens with two attached hydrogens (primary N) is 3. The smallest absolute Gasteiger partial charge is 0.280 e. The number of rotatable bonds is 9. The van der Waals surface area contributed by atoms with Gasteiger partial charge in [0.05, 0.1) is 6.17 Å². The third kappa shape index (κ3) is 11.5. The lowest BCUT2D eigenvalue weighted by Crippen LogP contribution is -2.52. The van der Waals surface area contributed by atoms with Gasteiger partial charge in [-0.15, -0.1) is 37.2 Å². The van der Waals surface area contributed by atoms with E-state index in [2.05, 4.69) is 37.7 Å². The Hall–Kier alpha value is -1.99. The van der Waals surface area contributed by atoms with Crippen molar-refractivity contribution in [1.29, 1.82) is 10.8 Å². The van der Waals surface area contributed by atoms with E-state index in [0.29, 0.717) is 12.5 Å². The third-order valence-corrected chi connectivity index (χ3v) is 5.78. The molecule has 2 rings (SSSR count). The SMILES string of the molecule is CCC(NC(=N)N)N1CCC(CCCCNC(=N)NC(=O)c2nc(Cl)c(N)nc2N)CC1.Cl.Cl.Cl. The molecule has 1 aliphatic heterocycles. The van der Waals surface area contributed by atoms with Crippen molar-refractivity contribution in [3.8, 4) is 0 Å². The zero-order chi connectivity index (χ0) is 23.7. The predicted octanol–water partition coefficient (Wildman–Crippen LogP) is 1.92. The van der Waals surface area contributed by atoms with Crippen LogP contribution in [0.2, 0.25) is 5.15 Å². The van der Waals surface area contributed by atoms with Crippen molar-refractivity contribution < 1.29 is 4.79 Å². The van der Waals surface area contributed by atoms with E-state index in [1.165, 1.54) is 0 Å². The molecular weight excluding hydrogens is 540 g/mol. The highest BCUT2D eigenvalue weighted by Gasteiger charge is 2.24. The standard InChI is InChI=1S/C19H34ClN11O.3ClH/c1-2-12(27-18(23)24)31-9-6-11(7-10-31)5-3-4-8-26-19(25)30-17(32)13-15(21)29-16(22)14(20)28-13;;;/h11-12H,2-10H2,1H3,(H4,21,22,29)(H4,23,24,27)(H3,25,26,30,32);3*1H. The van der Waals surface area contributed by atoms with Gasteiger partial charge in [0.1, 0.15) is 0 Å². The van der Waals surface area contributed by atoms with E-state index in [1.807, 2.05) is 0 Å². The van der Waals surface area contributed by atoms with Crippen LogP contribution < -0.4 is 33.2 Å². The number of piperidine rings is 1. The molecule has 202 valence electrons. The number of amides is 1. The molecule has 11 N–H and O–H groups in total. The van der Waals surface area contributed by atoms with Crippen LogP contribution in [0.15, 0.2) is 0 Å². The van der Waals surface area contributed by atoms with Crippen molar-refractivity contribution >= 4 is 78.3 Å². The molecular formula is C19H37Cl4N11O. The Bertz CT molecular complexity index is 822. The first-order valence-electron chi connectivity index (χ1n) is 10.8. The highest BCUT2D eigenvalue weighted by atomic mass is 35.5. The number of unbranched alkanes of at least 4 members (excludes halogenated alkanes) is 1. The molecule has 1 amide bonds. The molecule has 2 heterocycles. The Morgan fingerprint density at radius 1 is 1.14 bits per heavy atom. The summed E-state index contributed by atoms with van der Waals surface area (Å²) < 4.78 is 0. The van der Waals surface area contributed by atoms with Gasteiger partial charge in [-0.25, -0.2) is 9.97 Å². The van der Waals surface area contributed by atoms with E-state index in [0.717, 1.165) is 51.6 Å². The summed E-state index contributed by atoms with van der Waals surface area (Å²) in [5, 5.41) is 23.4. The maximum Gasteiger partial charge on any atom is 0.280 e. The number of aromatic nitrogens is 2. The average molecular weight is 577 g/mol. The molecule has 12 nitrogen and oxygen atoms in total. The number of carbonyl (C=O) groups excluding carboxylic acids is 1. The van der Waals surface area contributed by atoms with E-state index in [4.69, 9.17) is 39.6 Å². The largest absolute Gasteiger partial charge is 0.382 e. The van der Waals surface area contributed by atoms with E-state index in [-0.39, 0.29) is 77.8 Å². The van der Waals surface area contributed by atoms with Crippen LogP contribution in [0.1, 0.15) is 55.9 Å². The number of nitrogens with zero attached hydrogens (tertiary/aromatic N) is 3. The van der Waals surface area contributed by atoms with E-state index in [1.54, 1.807) is 0 Å². The van der Waals surface area contributed by atoms with Gasteiger partial charge in [-0.3, -0.25) is 25.8 Å². The fraction of sp³-hybridized carbons (Fsp3) is 0.632. The first-order chi connectivity index (χ1) is 15.2. The number of halogens is 4. The van der Waals surface area contributed by atoms with Crippen LogP contribution in [0.5, 0.6) is 0 Å². The Balaban J connectivity index is 0. The molecule has 0 spiro atoms. The molecule has 0 saturated carbocycles. The molecule has 16 heteroatoms. The van der Waals surface area contributed by atoms with Crippen LogP contribution in [0, 0.1) is 16.7 Å². The molecule has 0 aromatic carbocycles. The first-order valence-corrected chi connectivity index (χ1v) is 11.2. The summed E-state index contributed by atoms with van der Waals surface area (Å²) in [6.45, 7) is 4.66. The number of anilines is 2. The number of nitrogens with one attached hydrogen (secondary N) is 5. The van der Waals surface area contributed by atoms with Crippen LogP contribution in [-0.4, -0.2) is 58.5 Å². The van der Waals surface area contributed by atoms with E-state index in [9.17, 15) is 4.79 Å². The van der Waals surface area contributed by atoms with Crippen molar-refractivity contribution in [1.82, 2.24) is 30.8 Å². The van der Waals surface area contributed by atoms with Gasteiger partial charge < -0.3 is 27.8 Å². The molecule has 1 aliphatic rings. The quantitative estimate of drug-likeness (QED) is 0.122. The normalized spacial score (nSPS) is 14.3. The second-order valence-corrected chi connectivity index (χ2v) is 8.20. The molecule has 0 bridgehead atoms. The minimum absolute atomic E-state index is 0. The van der Waals surface area contributed by atoms with Crippen LogP contribution in [0.3, 0.4) is 0 Å². The third-order valence-electron chi connectivity index (χ3n) is 5.50. The maximum atomic E-state index is 12.2. The van der Waals surface area contributed by atoms with Crippen molar-refractivity contribution in [3.63, 3.8) is 0 Å². The van der Waals surface area contributed by atoms with Gasteiger partial charge in [0.2, 0.25) is 0 Å². The van der Waals surface area contributed by atoms with Gasteiger partial charge in [-0.2, -0.15) is 0 Å². The summed E-state index contributed by atoms with van der Waals surface area (Å²) in [6, 6.07) is 0. The van der Waals surface area contributed by atoms with Crippen molar-refractivity contribution in [2.45, 2.75) is 51.6 Å². The second kappa shape index (κ2) is 17.4.